The predicted octanol–water partition coefficient (Wildman–Crippen LogP) is 3.93. The van der Waals surface area contributed by atoms with E-state index in [0.29, 0.717) is 22.0 Å². The molecule has 0 fully saturated rings. The van der Waals surface area contributed by atoms with Gasteiger partial charge in [-0.2, -0.15) is 0 Å². The van der Waals surface area contributed by atoms with E-state index in [2.05, 4.69) is 15.0 Å². The summed E-state index contributed by atoms with van der Waals surface area (Å²) in [6.07, 6.45) is 1.62. The Morgan fingerprint density at radius 1 is 1.39 bits per heavy atom. The largest absolute Gasteiger partial charge is 0.440 e. The molecule has 0 spiro atoms. The van der Waals surface area contributed by atoms with Crippen LogP contribution < -0.4 is 0 Å². The van der Waals surface area contributed by atoms with Crippen LogP contribution in [0.3, 0.4) is 0 Å². The van der Waals surface area contributed by atoms with E-state index in [-0.39, 0.29) is 0 Å². The van der Waals surface area contributed by atoms with E-state index in [4.69, 9.17) is 16.0 Å². The molecule has 0 unspecified atom stereocenters. The van der Waals surface area contributed by atoms with E-state index in [1.807, 2.05) is 18.4 Å². The third-order valence-corrected chi connectivity index (χ3v) is 4.18. The normalized spacial score (nSPS) is 11.2. The molecular formula is C11H8ClN3OS2. The first-order chi connectivity index (χ1) is 8.72. The van der Waals surface area contributed by atoms with Gasteiger partial charge in [-0.05, 0) is 18.4 Å². The van der Waals surface area contributed by atoms with E-state index in [9.17, 15) is 0 Å². The predicted molar refractivity (Wildman–Crippen MR) is 73.2 cm³/mol. The van der Waals surface area contributed by atoms with Crippen LogP contribution in [0.25, 0.3) is 10.2 Å². The maximum Gasteiger partial charge on any atom is 0.256 e. The minimum absolute atomic E-state index is 0.500. The maximum absolute atomic E-state index is 6.10. The molecule has 18 heavy (non-hydrogen) atoms. The molecule has 0 amide bonds. The molecule has 3 aromatic heterocycles. The quantitative estimate of drug-likeness (QED) is 0.541. The average molecular weight is 298 g/mol. The Morgan fingerprint density at radius 2 is 2.28 bits per heavy atom. The van der Waals surface area contributed by atoms with Crippen molar-refractivity contribution in [3.05, 3.63) is 34.4 Å². The van der Waals surface area contributed by atoms with Crippen molar-refractivity contribution in [1.82, 2.24) is 15.0 Å². The minimum Gasteiger partial charge on any atom is -0.440 e. The third-order valence-electron chi connectivity index (χ3n) is 2.25. The number of fused-ring (bicyclic) bond motifs is 1. The van der Waals surface area contributed by atoms with E-state index in [1.165, 1.54) is 11.8 Å². The lowest BCUT2D eigenvalue weighted by Gasteiger charge is -1.99. The lowest BCUT2D eigenvalue weighted by molar-refractivity contribution is 0.454. The zero-order chi connectivity index (χ0) is 12.5. The zero-order valence-electron chi connectivity index (χ0n) is 9.38. The molecule has 0 saturated carbocycles. The van der Waals surface area contributed by atoms with E-state index in [1.54, 1.807) is 17.6 Å². The first-order valence-corrected chi connectivity index (χ1v) is 7.41. The lowest BCUT2D eigenvalue weighted by Crippen LogP contribution is -1.92. The first kappa shape index (κ1) is 12.0. The number of aromatic nitrogens is 3. The van der Waals surface area contributed by atoms with Crippen LogP contribution in [0.1, 0.15) is 11.5 Å². The molecule has 4 nitrogen and oxygen atoms in total. The Kier molecular flexibility index (Phi) is 3.23. The van der Waals surface area contributed by atoms with Gasteiger partial charge in [0.05, 0.1) is 11.4 Å². The number of hydrogen-bond acceptors (Lipinski definition) is 6. The highest BCUT2D eigenvalue weighted by atomic mass is 35.5. The van der Waals surface area contributed by atoms with Crippen LogP contribution in [-0.2, 0) is 5.75 Å². The summed E-state index contributed by atoms with van der Waals surface area (Å²) in [5, 5.41) is 3.99. The van der Waals surface area contributed by atoms with Crippen molar-refractivity contribution in [2.24, 2.45) is 0 Å². The summed E-state index contributed by atoms with van der Waals surface area (Å²) in [6.45, 7) is 1.89. The highest BCUT2D eigenvalue weighted by Crippen LogP contribution is 2.27. The Bertz CT molecular complexity index is 694. The van der Waals surface area contributed by atoms with Crippen LogP contribution in [-0.4, -0.2) is 15.0 Å². The summed E-state index contributed by atoms with van der Waals surface area (Å²) in [5.74, 6) is 1.28. The molecule has 0 aliphatic carbocycles. The summed E-state index contributed by atoms with van der Waals surface area (Å²) >= 11 is 9.11. The molecule has 3 heterocycles. The van der Waals surface area contributed by atoms with Gasteiger partial charge in [0.2, 0.25) is 0 Å². The van der Waals surface area contributed by atoms with Crippen molar-refractivity contribution >= 4 is 44.9 Å². The monoisotopic (exact) mass is 297 g/mol. The molecule has 0 aromatic carbocycles. The van der Waals surface area contributed by atoms with Gasteiger partial charge in [0.25, 0.3) is 5.22 Å². The third kappa shape index (κ3) is 2.36. The molecule has 3 rings (SSSR count). The average Bonchev–Trinajstić information content (AvgIpc) is 2.95. The zero-order valence-corrected chi connectivity index (χ0v) is 11.8. The number of hydrogen-bond donors (Lipinski definition) is 0. The smallest absolute Gasteiger partial charge is 0.256 e. The second-order valence-electron chi connectivity index (χ2n) is 3.61. The van der Waals surface area contributed by atoms with Crippen LogP contribution in [0.15, 0.2) is 27.3 Å². The summed E-state index contributed by atoms with van der Waals surface area (Å²) in [4.78, 5) is 13.8. The van der Waals surface area contributed by atoms with Crippen molar-refractivity contribution < 1.29 is 4.42 Å². The van der Waals surface area contributed by atoms with Crippen molar-refractivity contribution in [3.8, 4) is 0 Å². The molecule has 0 atom stereocenters. The van der Waals surface area contributed by atoms with Crippen molar-refractivity contribution in [3.63, 3.8) is 0 Å². The van der Waals surface area contributed by atoms with Crippen LogP contribution in [0, 0.1) is 6.92 Å². The van der Waals surface area contributed by atoms with Crippen LogP contribution in [0.2, 0.25) is 5.15 Å². The molecule has 0 N–H and O–H groups in total. The molecule has 3 aromatic rings. The molecule has 0 saturated heterocycles. The maximum atomic E-state index is 6.10. The number of rotatable bonds is 3. The topological polar surface area (TPSA) is 51.8 Å². The highest BCUT2D eigenvalue weighted by molar-refractivity contribution is 7.98. The number of aryl methyl sites for hydroxylation is 1. The SMILES string of the molecule is Cc1coc(SCc2nc(Cl)c3ccsc3n2)n1. The summed E-state index contributed by atoms with van der Waals surface area (Å²) in [5.41, 5.74) is 0.866. The molecule has 0 aliphatic heterocycles. The fraction of sp³-hybridized carbons (Fsp3) is 0.182. The number of oxazole rings is 1. The molecular weight excluding hydrogens is 290 g/mol. The number of thioether (sulfide) groups is 1. The molecule has 7 heteroatoms. The second kappa shape index (κ2) is 4.87. The van der Waals surface area contributed by atoms with Crippen LogP contribution in [0.4, 0.5) is 0 Å². The molecule has 0 radical (unpaired) electrons. The molecule has 0 bridgehead atoms. The lowest BCUT2D eigenvalue weighted by atomic mass is 10.4. The van der Waals surface area contributed by atoms with Gasteiger partial charge in [0.1, 0.15) is 22.1 Å². The van der Waals surface area contributed by atoms with Crippen molar-refractivity contribution in [1.29, 1.82) is 0 Å². The van der Waals surface area contributed by atoms with Gasteiger partial charge in [-0.1, -0.05) is 23.4 Å². The van der Waals surface area contributed by atoms with Gasteiger partial charge in [0, 0.05) is 5.39 Å². The van der Waals surface area contributed by atoms with Crippen molar-refractivity contribution in [2.45, 2.75) is 17.9 Å². The van der Waals surface area contributed by atoms with Crippen molar-refractivity contribution in [2.75, 3.05) is 0 Å². The van der Waals surface area contributed by atoms with Crippen LogP contribution >= 0.6 is 34.7 Å². The fourth-order valence-corrected chi connectivity index (χ4v) is 3.25. The summed E-state index contributed by atoms with van der Waals surface area (Å²) in [7, 11) is 0. The van der Waals surface area contributed by atoms with E-state index in [0.717, 1.165) is 15.9 Å². The summed E-state index contributed by atoms with van der Waals surface area (Å²) in [6, 6.07) is 1.93. The Morgan fingerprint density at radius 3 is 3.06 bits per heavy atom. The Balaban J connectivity index is 1.82. The minimum atomic E-state index is 0.500. The van der Waals surface area contributed by atoms with Gasteiger partial charge in [-0.25, -0.2) is 15.0 Å². The summed E-state index contributed by atoms with van der Waals surface area (Å²) < 4.78 is 5.25. The number of thiophene rings is 1. The number of nitrogens with zero attached hydrogens (tertiary/aromatic N) is 3. The highest BCUT2D eigenvalue weighted by Gasteiger charge is 2.09. The Hall–Kier alpha value is -1.11. The van der Waals surface area contributed by atoms with Gasteiger partial charge >= 0.3 is 0 Å². The number of halogens is 1. The van der Waals surface area contributed by atoms with Gasteiger partial charge in [0.15, 0.2) is 0 Å². The molecule has 0 aliphatic rings. The molecule has 92 valence electrons. The standard InChI is InChI=1S/C11H8ClN3OS2/c1-6-4-16-11(13-6)18-5-8-14-9(12)7-2-3-17-10(7)15-8/h2-4H,5H2,1H3. The fourth-order valence-electron chi connectivity index (χ4n) is 1.45. The second-order valence-corrected chi connectivity index (χ2v) is 5.79. The van der Waals surface area contributed by atoms with E-state index < -0.39 is 0 Å². The van der Waals surface area contributed by atoms with Gasteiger partial charge in [-0.3, -0.25) is 0 Å². The Labute approximate surface area is 116 Å². The van der Waals surface area contributed by atoms with Crippen LogP contribution in [0.5, 0.6) is 0 Å². The first-order valence-electron chi connectivity index (χ1n) is 5.17. The van der Waals surface area contributed by atoms with Gasteiger partial charge < -0.3 is 4.42 Å². The van der Waals surface area contributed by atoms with E-state index >= 15 is 0 Å². The van der Waals surface area contributed by atoms with Gasteiger partial charge in [-0.15, -0.1) is 11.3 Å².